The maximum absolute atomic E-state index is 13.1. The molecule has 0 saturated heterocycles. The van der Waals surface area contributed by atoms with Gasteiger partial charge >= 0.3 is 11.9 Å². The molecule has 3 aromatic rings. The third-order valence-electron chi connectivity index (χ3n) is 9.57. The number of carboxylic acid groups (broad SMARTS) is 1. The summed E-state index contributed by atoms with van der Waals surface area (Å²) in [5, 5.41) is 13.8. The van der Waals surface area contributed by atoms with Crippen LogP contribution in [0, 0.1) is 10.8 Å². The molecule has 0 radical (unpaired) electrons. The van der Waals surface area contributed by atoms with Crippen LogP contribution in [0.1, 0.15) is 95.6 Å². The number of anilines is 1. The number of hydrogen-bond acceptors (Lipinski definition) is 13. The quantitative estimate of drug-likeness (QED) is 0.0432. The minimum Gasteiger partial charge on any atom is -0.489 e. The van der Waals surface area contributed by atoms with Crippen LogP contribution in [0.25, 0.3) is 0 Å². The summed E-state index contributed by atoms with van der Waals surface area (Å²) in [5.41, 5.74) is 1.16. The van der Waals surface area contributed by atoms with E-state index in [1.54, 1.807) is 12.1 Å². The Morgan fingerprint density at radius 2 is 1.29 bits per heavy atom. The molecule has 0 bridgehead atoms. The van der Waals surface area contributed by atoms with Crippen molar-refractivity contribution in [1.82, 2.24) is 15.6 Å². The fraction of sp³-hybridized carbons (Fsp3) is 0.553. The number of ether oxygens (including phenoxy) is 6. The predicted octanol–water partition coefficient (Wildman–Crippen LogP) is 5.96. The molecule has 3 rings (SSSR count). The van der Waals surface area contributed by atoms with Crippen LogP contribution in [0.2, 0.25) is 0 Å². The van der Waals surface area contributed by atoms with Gasteiger partial charge in [-0.1, -0.05) is 44.5 Å². The minimum absolute atomic E-state index is 0.00147. The first kappa shape index (κ1) is 54.2. The van der Waals surface area contributed by atoms with Crippen molar-refractivity contribution < 1.29 is 61.1 Å². The number of carbonyl (C=O) groups is 4. The van der Waals surface area contributed by atoms with Crippen molar-refractivity contribution in [1.29, 1.82) is 0 Å². The number of nitrogens with zero attached hydrogens (tertiary/aromatic N) is 1. The van der Waals surface area contributed by atoms with Crippen LogP contribution in [0.5, 0.6) is 5.75 Å². The lowest BCUT2D eigenvalue weighted by atomic mass is 9.72. The van der Waals surface area contributed by atoms with Gasteiger partial charge in [0.1, 0.15) is 37.0 Å². The Balaban J connectivity index is 1.29. The van der Waals surface area contributed by atoms with E-state index in [0.29, 0.717) is 5.75 Å². The lowest BCUT2D eigenvalue weighted by Gasteiger charge is -2.35. The summed E-state index contributed by atoms with van der Waals surface area (Å²) in [6.45, 7) is 15.3. The van der Waals surface area contributed by atoms with E-state index in [9.17, 15) is 27.6 Å². The van der Waals surface area contributed by atoms with E-state index in [-0.39, 0.29) is 99.5 Å². The summed E-state index contributed by atoms with van der Waals surface area (Å²) in [5.74, 6) is -1.21. The first-order chi connectivity index (χ1) is 30.6. The summed E-state index contributed by atoms with van der Waals surface area (Å²) in [7, 11) is -3.96. The normalized spacial score (nSPS) is 12.0. The van der Waals surface area contributed by atoms with Crippen LogP contribution in [0.4, 0.5) is 5.82 Å². The highest BCUT2D eigenvalue weighted by Crippen LogP contribution is 2.39. The molecule has 0 aliphatic heterocycles. The Hall–Kier alpha value is -5.14. The Labute approximate surface area is 383 Å². The predicted molar refractivity (Wildman–Crippen MR) is 244 cm³/mol. The van der Waals surface area contributed by atoms with Gasteiger partial charge in [0, 0.05) is 19.3 Å². The molecule has 0 atom stereocenters. The van der Waals surface area contributed by atoms with E-state index in [4.69, 9.17) is 33.5 Å². The zero-order valence-corrected chi connectivity index (χ0v) is 39.7. The molecule has 0 saturated carbocycles. The zero-order valence-electron chi connectivity index (χ0n) is 38.9. The number of rotatable bonds is 31. The van der Waals surface area contributed by atoms with Crippen molar-refractivity contribution >= 4 is 39.6 Å². The molecule has 0 aliphatic rings. The molecular formula is C47H68N4O13S. The van der Waals surface area contributed by atoms with Gasteiger partial charge in [0.2, 0.25) is 5.91 Å². The minimum atomic E-state index is -3.96. The number of aryl methyl sites for hydroxylation is 1. The summed E-state index contributed by atoms with van der Waals surface area (Å²) in [6.07, 6.45) is 6.03. The smallest absolute Gasteiger partial charge is 0.329 e. The molecule has 2 aromatic carbocycles. The second-order valence-corrected chi connectivity index (χ2v) is 19.6. The van der Waals surface area contributed by atoms with Crippen LogP contribution >= 0.6 is 0 Å². The Morgan fingerprint density at radius 1 is 0.692 bits per heavy atom. The second kappa shape index (κ2) is 26.7. The molecule has 1 heterocycles. The van der Waals surface area contributed by atoms with Gasteiger partial charge < -0.3 is 44.2 Å². The highest BCUT2D eigenvalue weighted by atomic mass is 32.2. The van der Waals surface area contributed by atoms with Crippen molar-refractivity contribution in [2.75, 3.05) is 70.7 Å². The van der Waals surface area contributed by atoms with Crippen LogP contribution < -0.4 is 20.1 Å². The third-order valence-corrected chi connectivity index (χ3v) is 10.9. The number of sulfonamides is 1. The Bertz CT molecular complexity index is 2040. The zero-order chi connectivity index (χ0) is 47.9. The first-order valence-electron chi connectivity index (χ1n) is 21.7. The van der Waals surface area contributed by atoms with Crippen molar-refractivity contribution in [2.45, 2.75) is 97.7 Å². The van der Waals surface area contributed by atoms with Gasteiger partial charge in [-0.3, -0.25) is 19.1 Å². The molecule has 2 amide bonds. The Morgan fingerprint density at radius 3 is 1.89 bits per heavy atom. The number of esters is 1. The molecule has 17 nitrogen and oxygen atoms in total. The molecule has 0 unspecified atom stereocenters. The van der Waals surface area contributed by atoms with Crippen LogP contribution in [-0.2, 0) is 61.1 Å². The van der Waals surface area contributed by atoms with Gasteiger partial charge in [-0.05, 0) is 113 Å². The Kier molecular flexibility index (Phi) is 22.3. The first-order valence-corrected chi connectivity index (χ1v) is 23.2. The molecule has 18 heteroatoms. The van der Waals surface area contributed by atoms with E-state index >= 15 is 0 Å². The number of aliphatic carboxylic acids is 1. The number of hydrogen-bond donors (Lipinski definition) is 4. The highest BCUT2D eigenvalue weighted by molar-refractivity contribution is 7.92. The molecule has 360 valence electrons. The standard InChI is InChI=1S/C47H68N4O13S/c1-45(2,3)64-44(56)47(6,7)34-46(4,5)21-9-8-10-35-11-16-38(17-12-35)63-31-36-13-18-39(19-14-36)65(57,58)51-40-20-15-37(30-50-40)43(55)49-23-25-60-26-28-61-32-41(52)48-22-24-59-27-29-62-33-42(53)54/h11-20,30H,8-10,21-29,31-34H2,1-7H3,(H,48,52)(H,49,55)(H,50,51)(H,53,54). The molecule has 1 aromatic heterocycles. The van der Waals surface area contributed by atoms with Crippen molar-refractivity contribution in [3.05, 3.63) is 83.6 Å². The van der Waals surface area contributed by atoms with E-state index in [0.717, 1.165) is 37.7 Å². The third kappa shape index (κ3) is 22.6. The van der Waals surface area contributed by atoms with Crippen molar-refractivity contribution in [2.24, 2.45) is 10.8 Å². The molecule has 4 N–H and O–H groups in total. The monoisotopic (exact) mass is 928 g/mol. The lowest BCUT2D eigenvalue weighted by Crippen LogP contribution is -2.36. The van der Waals surface area contributed by atoms with Crippen LogP contribution in [0.3, 0.4) is 0 Å². The van der Waals surface area contributed by atoms with Gasteiger partial charge in [0.25, 0.3) is 15.9 Å². The maximum atomic E-state index is 13.1. The molecule has 0 fully saturated rings. The number of aromatic nitrogens is 1. The van der Waals surface area contributed by atoms with Gasteiger partial charge in [-0.2, -0.15) is 0 Å². The van der Waals surface area contributed by atoms with E-state index in [1.807, 2.05) is 46.8 Å². The second-order valence-electron chi connectivity index (χ2n) is 17.9. The van der Waals surface area contributed by atoms with Crippen molar-refractivity contribution in [3.8, 4) is 5.75 Å². The molecule has 0 spiro atoms. The SMILES string of the molecule is CC(C)(CCCCc1ccc(OCc2ccc(S(=O)(=O)Nc3ccc(C(=O)NCCOCCOCC(=O)NCCOCCOCC(=O)O)cn3)cc2)cc1)CC(C)(C)C(=O)OC(C)(C)C. The van der Waals surface area contributed by atoms with Crippen molar-refractivity contribution in [3.63, 3.8) is 0 Å². The molecule has 0 aliphatic carbocycles. The maximum Gasteiger partial charge on any atom is 0.329 e. The fourth-order valence-corrected chi connectivity index (χ4v) is 7.60. The fourth-order valence-electron chi connectivity index (χ4n) is 6.59. The van der Waals surface area contributed by atoms with Gasteiger partial charge in [0.15, 0.2) is 0 Å². The summed E-state index contributed by atoms with van der Waals surface area (Å²) < 4.78 is 60.9. The average Bonchev–Trinajstić information content (AvgIpc) is 3.23. The highest BCUT2D eigenvalue weighted by Gasteiger charge is 2.37. The largest absolute Gasteiger partial charge is 0.489 e. The van der Waals surface area contributed by atoms with E-state index < -0.39 is 39.5 Å². The van der Waals surface area contributed by atoms with Gasteiger partial charge in [-0.15, -0.1) is 0 Å². The number of benzene rings is 2. The number of carbonyl (C=O) groups excluding carboxylic acids is 3. The summed E-state index contributed by atoms with van der Waals surface area (Å²) in [4.78, 5) is 51.6. The topological polar surface area (TPSA) is 227 Å². The van der Waals surface area contributed by atoms with Gasteiger partial charge in [-0.25, -0.2) is 18.2 Å². The number of pyridine rings is 1. The van der Waals surface area contributed by atoms with Crippen LogP contribution in [0.15, 0.2) is 71.8 Å². The number of unbranched alkanes of at least 4 members (excludes halogenated alkanes) is 1. The van der Waals surface area contributed by atoms with E-state index in [1.165, 1.54) is 36.0 Å². The average molecular weight is 929 g/mol. The molecule has 65 heavy (non-hydrogen) atoms. The summed E-state index contributed by atoms with van der Waals surface area (Å²) >= 11 is 0. The van der Waals surface area contributed by atoms with E-state index in [2.05, 4.69) is 46.3 Å². The molecular weight excluding hydrogens is 861 g/mol. The van der Waals surface area contributed by atoms with Crippen LogP contribution in [-0.4, -0.2) is 114 Å². The number of amides is 2. The lowest BCUT2D eigenvalue weighted by molar-refractivity contribution is -0.167. The number of nitrogens with one attached hydrogen (secondary N) is 3. The van der Waals surface area contributed by atoms with Gasteiger partial charge in [0.05, 0.1) is 55.5 Å². The number of carboxylic acids is 1. The summed E-state index contributed by atoms with van der Waals surface area (Å²) in [6, 6.07) is 17.2.